The third-order valence-corrected chi connectivity index (χ3v) is 5.95. The van der Waals surface area contributed by atoms with Crippen molar-refractivity contribution in [3.05, 3.63) is 75.6 Å². The molecule has 126 valence electrons. The maximum atomic E-state index is 11.8. The minimum Gasteiger partial charge on any atom is -0.277 e. The molecule has 0 bridgehead atoms. The topological polar surface area (TPSA) is 23.6 Å². The Kier molecular flexibility index (Phi) is 4.70. The van der Waals surface area contributed by atoms with Crippen molar-refractivity contribution >= 4 is 38.7 Å². The molecule has 0 fully saturated rings. The highest BCUT2D eigenvalue weighted by Crippen LogP contribution is 2.33. The predicted octanol–water partition coefficient (Wildman–Crippen LogP) is 5.11. The lowest BCUT2D eigenvalue weighted by Gasteiger charge is -2.34. The molecule has 0 unspecified atom stereocenters. The second-order valence-corrected chi connectivity index (χ2v) is 7.84. The summed E-state index contributed by atoms with van der Waals surface area (Å²) in [6.07, 6.45) is 1.89. The maximum Gasteiger partial charge on any atom is 0.229 e. The predicted molar refractivity (Wildman–Crippen MR) is 107 cm³/mol. The Morgan fingerprint density at radius 2 is 1.80 bits per heavy atom. The van der Waals surface area contributed by atoms with Crippen molar-refractivity contribution in [3.8, 4) is 11.1 Å². The molecule has 0 saturated heterocycles. The summed E-state index contributed by atoms with van der Waals surface area (Å²) in [6, 6.07) is 18.8. The molecule has 3 nitrogen and oxygen atoms in total. The first-order valence-corrected chi connectivity index (χ1v) is 9.82. The number of anilines is 1. The van der Waals surface area contributed by atoms with Crippen LogP contribution in [-0.2, 0) is 17.8 Å². The summed E-state index contributed by atoms with van der Waals surface area (Å²) < 4.78 is 1.06. The van der Waals surface area contributed by atoms with Crippen molar-refractivity contribution in [2.45, 2.75) is 13.0 Å². The van der Waals surface area contributed by atoms with Crippen LogP contribution >= 0.6 is 27.3 Å². The van der Waals surface area contributed by atoms with Crippen LogP contribution in [0.25, 0.3) is 11.1 Å². The van der Waals surface area contributed by atoms with Crippen LogP contribution in [0.4, 0.5) is 5.00 Å². The molecule has 1 aliphatic rings. The van der Waals surface area contributed by atoms with Gasteiger partial charge in [-0.25, -0.2) is 10.0 Å². The van der Waals surface area contributed by atoms with E-state index >= 15 is 0 Å². The molecule has 25 heavy (non-hydrogen) atoms. The molecular formula is C20H17BrN2OS. The molecule has 3 aromatic rings. The van der Waals surface area contributed by atoms with Crippen LogP contribution < -0.4 is 5.01 Å². The quantitative estimate of drug-likeness (QED) is 0.555. The second kappa shape index (κ2) is 7.12. The zero-order valence-corrected chi connectivity index (χ0v) is 16.0. The summed E-state index contributed by atoms with van der Waals surface area (Å²) >= 11 is 5.06. The number of hydrogen-bond donors (Lipinski definition) is 0. The van der Waals surface area contributed by atoms with Gasteiger partial charge in [0.05, 0.1) is 0 Å². The van der Waals surface area contributed by atoms with Gasteiger partial charge in [0.1, 0.15) is 5.00 Å². The third-order valence-electron chi connectivity index (χ3n) is 4.50. The minimum absolute atomic E-state index is 0.764. The summed E-state index contributed by atoms with van der Waals surface area (Å²) in [5.74, 6) is 0. The van der Waals surface area contributed by atoms with Gasteiger partial charge in [-0.15, -0.1) is 11.3 Å². The smallest absolute Gasteiger partial charge is 0.229 e. The molecule has 2 aromatic carbocycles. The second-order valence-electron chi connectivity index (χ2n) is 6.04. The van der Waals surface area contributed by atoms with Gasteiger partial charge in [0.15, 0.2) is 0 Å². The molecule has 1 amide bonds. The summed E-state index contributed by atoms with van der Waals surface area (Å²) in [4.78, 5) is 11.8. The third kappa shape index (κ3) is 3.40. The van der Waals surface area contributed by atoms with Crippen LogP contribution in [0.2, 0.25) is 0 Å². The Balaban J connectivity index is 1.58. The van der Waals surface area contributed by atoms with Gasteiger partial charge in [0.25, 0.3) is 0 Å². The monoisotopic (exact) mass is 412 g/mol. The molecule has 5 heteroatoms. The first-order chi connectivity index (χ1) is 12.2. The molecule has 1 aliphatic heterocycles. The van der Waals surface area contributed by atoms with Gasteiger partial charge in [0, 0.05) is 22.9 Å². The van der Waals surface area contributed by atoms with Crippen molar-refractivity contribution in [1.82, 2.24) is 5.01 Å². The molecule has 0 saturated carbocycles. The Morgan fingerprint density at radius 1 is 1.04 bits per heavy atom. The number of benzene rings is 2. The lowest BCUT2D eigenvalue weighted by molar-refractivity contribution is -0.110. The van der Waals surface area contributed by atoms with Crippen molar-refractivity contribution < 1.29 is 4.79 Å². The van der Waals surface area contributed by atoms with Gasteiger partial charge >= 0.3 is 0 Å². The van der Waals surface area contributed by atoms with Gasteiger partial charge in [-0.2, -0.15) is 0 Å². The van der Waals surface area contributed by atoms with E-state index in [2.05, 4.69) is 68.8 Å². The van der Waals surface area contributed by atoms with E-state index in [9.17, 15) is 4.79 Å². The molecule has 0 aliphatic carbocycles. The molecule has 0 N–H and O–H groups in total. The van der Waals surface area contributed by atoms with Crippen LogP contribution in [0.15, 0.2) is 64.5 Å². The van der Waals surface area contributed by atoms with Gasteiger partial charge in [-0.1, -0.05) is 52.3 Å². The zero-order valence-electron chi connectivity index (χ0n) is 13.6. The highest BCUT2D eigenvalue weighted by Gasteiger charge is 2.22. The van der Waals surface area contributed by atoms with Gasteiger partial charge in [0.2, 0.25) is 6.41 Å². The zero-order chi connectivity index (χ0) is 17.2. The minimum atomic E-state index is 0.764. The number of halogens is 1. The number of nitrogens with zero attached hydrogens (tertiary/aromatic N) is 2. The van der Waals surface area contributed by atoms with E-state index in [1.165, 1.54) is 11.1 Å². The number of carbonyl (C=O) groups is 1. The Hall–Kier alpha value is -1.95. The highest BCUT2D eigenvalue weighted by molar-refractivity contribution is 9.10. The van der Waals surface area contributed by atoms with E-state index < -0.39 is 0 Å². The number of hydrazine groups is 1. The summed E-state index contributed by atoms with van der Waals surface area (Å²) in [5, 5.41) is 6.93. The van der Waals surface area contributed by atoms with Crippen LogP contribution in [0.1, 0.15) is 11.1 Å². The Labute approximate surface area is 159 Å². The first-order valence-electron chi connectivity index (χ1n) is 8.15. The van der Waals surface area contributed by atoms with Crippen molar-refractivity contribution in [1.29, 1.82) is 0 Å². The SMILES string of the molecule is O=CN(c1cc(-c2ccc(Br)cc2)cs1)N1CCc2ccccc2C1. The van der Waals surface area contributed by atoms with E-state index in [0.29, 0.717) is 0 Å². The largest absolute Gasteiger partial charge is 0.277 e. The molecule has 1 aromatic heterocycles. The van der Waals surface area contributed by atoms with Gasteiger partial charge in [-0.3, -0.25) is 4.79 Å². The highest BCUT2D eigenvalue weighted by atomic mass is 79.9. The molecule has 0 spiro atoms. The summed E-state index contributed by atoms with van der Waals surface area (Å²) in [7, 11) is 0. The number of carbonyl (C=O) groups excluding carboxylic acids is 1. The van der Waals surface area contributed by atoms with E-state index in [1.54, 1.807) is 16.3 Å². The Morgan fingerprint density at radius 3 is 2.56 bits per heavy atom. The van der Waals surface area contributed by atoms with Crippen LogP contribution in [-0.4, -0.2) is 18.0 Å². The number of fused-ring (bicyclic) bond motifs is 1. The fourth-order valence-corrected chi connectivity index (χ4v) is 4.34. The first kappa shape index (κ1) is 16.5. The standard InChI is InChI=1S/C20H17BrN2OS/c21-19-7-5-16(6-8-19)18-11-20(25-13-18)23(14-24)22-10-9-15-3-1-2-4-17(15)12-22/h1-8,11,13-14H,9-10,12H2. The van der Waals surface area contributed by atoms with Crippen LogP contribution in [0.3, 0.4) is 0 Å². The summed E-state index contributed by atoms with van der Waals surface area (Å²) in [6.45, 7) is 1.61. The molecule has 4 rings (SSSR count). The molecule has 0 atom stereocenters. The average molecular weight is 413 g/mol. The lowest BCUT2D eigenvalue weighted by Crippen LogP contribution is -2.44. The fourth-order valence-electron chi connectivity index (χ4n) is 3.16. The van der Waals surface area contributed by atoms with Crippen molar-refractivity contribution in [2.24, 2.45) is 0 Å². The maximum absolute atomic E-state index is 11.8. The van der Waals surface area contributed by atoms with Gasteiger partial charge in [-0.05, 0) is 46.9 Å². The normalized spacial score (nSPS) is 14.1. The van der Waals surface area contributed by atoms with E-state index in [4.69, 9.17) is 0 Å². The van der Waals surface area contributed by atoms with Crippen LogP contribution in [0.5, 0.6) is 0 Å². The van der Waals surface area contributed by atoms with Crippen LogP contribution in [0, 0.1) is 0 Å². The van der Waals surface area contributed by atoms with E-state index in [0.717, 1.165) is 46.5 Å². The Bertz CT molecular complexity index is 891. The van der Waals surface area contributed by atoms with Crippen molar-refractivity contribution in [3.63, 3.8) is 0 Å². The fraction of sp³-hybridized carbons (Fsp3) is 0.150. The van der Waals surface area contributed by atoms with E-state index in [1.807, 2.05) is 12.1 Å². The van der Waals surface area contributed by atoms with E-state index in [-0.39, 0.29) is 0 Å². The lowest BCUT2D eigenvalue weighted by atomic mass is 10.0. The molecular weight excluding hydrogens is 396 g/mol. The van der Waals surface area contributed by atoms with Gasteiger partial charge < -0.3 is 0 Å². The number of hydrogen-bond acceptors (Lipinski definition) is 3. The molecule has 2 heterocycles. The molecule has 0 radical (unpaired) electrons. The average Bonchev–Trinajstić information content (AvgIpc) is 3.12. The number of thiophene rings is 1. The van der Waals surface area contributed by atoms with Crippen molar-refractivity contribution in [2.75, 3.05) is 11.6 Å². The number of rotatable bonds is 4. The number of amides is 1. The summed E-state index contributed by atoms with van der Waals surface area (Å²) in [5.41, 5.74) is 4.97.